The predicted octanol–water partition coefficient (Wildman–Crippen LogP) is 3.96. The first-order chi connectivity index (χ1) is 13.2. The van der Waals surface area contributed by atoms with E-state index < -0.39 is 13.0 Å². The highest BCUT2D eigenvalue weighted by Crippen LogP contribution is 2.23. The minimum absolute atomic E-state index is 0.0543. The minimum Gasteiger partial charge on any atom is -0.435 e. The quantitative estimate of drug-likeness (QED) is 0.622. The Labute approximate surface area is 157 Å². The molecule has 0 heterocycles. The van der Waals surface area contributed by atoms with Crippen LogP contribution in [0.5, 0.6) is 11.5 Å². The second kappa shape index (κ2) is 9.77. The molecule has 1 amide bonds. The van der Waals surface area contributed by atoms with Gasteiger partial charge in [-0.25, -0.2) is 0 Å². The van der Waals surface area contributed by atoms with Gasteiger partial charge in [0.25, 0.3) is 0 Å². The third-order valence-corrected chi connectivity index (χ3v) is 3.43. The van der Waals surface area contributed by atoms with Gasteiger partial charge in [-0.2, -0.15) is 8.78 Å². The molecule has 0 aliphatic carbocycles. The molecule has 152 valence electrons. The van der Waals surface area contributed by atoms with Gasteiger partial charge in [-0.05, 0) is 48.4 Å². The van der Waals surface area contributed by atoms with Gasteiger partial charge in [-0.1, -0.05) is 12.1 Å². The van der Waals surface area contributed by atoms with E-state index in [2.05, 4.69) is 20.1 Å². The Balaban J connectivity index is 1.68. The zero-order valence-electron chi connectivity index (χ0n) is 14.4. The van der Waals surface area contributed by atoms with Crippen molar-refractivity contribution in [3.63, 3.8) is 0 Å². The summed E-state index contributed by atoms with van der Waals surface area (Å²) in [6.45, 7) is -2.62. The summed E-state index contributed by atoms with van der Waals surface area (Å²) < 4.78 is 68.4. The number of hydrogen-bond donors (Lipinski definition) is 2. The Morgan fingerprint density at radius 2 is 1.57 bits per heavy atom. The van der Waals surface area contributed by atoms with Crippen LogP contribution >= 0.6 is 0 Å². The van der Waals surface area contributed by atoms with Crippen LogP contribution in [0.2, 0.25) is 0 Å². The first-order valence-corrected chi connectivity index (χ1v) is 8.11. The molecule has 0 atom stereocenters. The molecule has 0 aliphatic rings. The van der Waals surface area contributed by atoms with Gasteiger partial charge in [0, 0.05) is 12.2 Å². The third-order valence-electron chi connectivity index (χ3n) is 3.43. The van der Waals surface area contributed by atoms with Crippen LogP contribution in [-0.2, 0) is 11.2 Å². The van der Waals surface area contributed by atoms with Crippen LogP contribution in [0, 0.1) is 0 Å². The number of carbonyl (C=O) groups is 1. The number of carbonyl (C=O) groups excluding carboxylic acids is 1. The molecular formula is C18H17F5N2O3. The van der Waals surface area contributed by atoms with Crippen molar-refractivity contribution < 1.29 is 36.2 Å². The lowest BCUT2D eigenvalue weighted by Crippen LogP contribution is -2.31. The van der Waals surface area contributed by atoms with Crippen LogP contribution in [0.4, 0.5) is 27.6 Å². The zero-order chi connectivity index (χ0) is 20.6. The van der Waals surface area contributed by atoms with Gasteiger partial charge >= 0.3 is 13.0 Å². The first-order valence-electron chi connectivity index (χ1n) is 8.11. The molecule has 2 aromatic carbocycles. The van der Waals surface area contributed by atoms with E-state index >= 15 is 0 Å². The molecule has 2 aromatic rings. The highest BCUT2D eigenvalue weighted by Gasteiger charge is 2.30. The van der Waals surface area contributed by atoms with E-state index in [-0.39, 0.29) is 24.0 Å². The van der Waals surface area contributed by atoms with E-state index in [1.54, 1.807) is 12.1 Å². The molecule has 0 fully saturated rings. The van der Waals surface area contributed by atoms with E-state index in [1.807, 2.05) is 0 Å². The molecule has 0 radical (unpaired) electrons. The maximum Gasteiger partial charge on any atom is 0.573 e. The van der Waals surface area contributed by atoms with Crippen molar-refractivity contribution in [2.24, 2.45) is 0 Å². The monoisotopic (exact) mass is 404 g/mol. The molecule has 2 N–H and O–H groups in total. The van der Waals surface area contributed by atoms with Gasteiger partial charge in [-0.15, -0.1) is 13.2 Å². The van der Waals surface area contributed by atoms with Crippen molar-refractivity contribution >= 4 is 11.6 Å². The Morgan fingerprint density at radius 3 is 2.14 bits per heavy atom. The van der Waals surface area contributed by atoms with Crippen LogP contribution in [0.3, 0.4) is 0 Å². The summed E-state index contributed by atoms with van der Waals surface area (Å²) in [6, 6.07) is 11.0. The van der Waals surface area contributed by atoms with Crippen LogP contribution < -0.4 is 20.1 Å². The van der Waals surface area contributed by atoms with E-state index in [0.29, 0.717) is 18.7 Å². The van der Waals surface area contributed by atoms with Crippen LogP contribution in [0.1, 0.15) is 5.56 Å². The fourth-order valence-electron chi connectivity index (χ4n) is 2.20. The van der Waals surface area contributed by atoms with Gasteiger partial charge in [0.05, 0.1) is 6.54 Å². The van der Waals surface area contributed by atoms with Crippen LogP contribution in [-0.4, -0.2) is 32.0 Å². The zero-order valence-corrected chi connectivity index (χ0v) is 14.4. The SMILES string of the molecule is O=C(CNc1ccc(OC(F)(F)F)cc1)NCCc1ccc(OC(F)F)cc1. The standard InChI is InChI=1S/C18H17F5N2O3/c19-17(20)27-14-5-1-12(2-6-14)9-10-24-16(26)11-25-13-3-7-15(8-4-13)28-18(21,22)23/h1-8,17,25H,9-11H2,(H,24,26). The van der Waals surface area contributed by atoms with Crippen molar-refractivity contribution in [2.45, 2.75) is 19.4 Å². The van der Waals surface area contributed by atoms with Crippen molar-refractivity contribution in [2.75, 3.05) is 18.4 Å². The summed E-state index contributed by atoms with van der Waals surface area (Å²) in [5, 5.41) is 5.44. The fraction of sp³-hybridized carbons (Fsp3) is 0.278. The highest BCUT2D eigenvalue weighted by molar-refractivity contribution is 5.80. The summed E-state index contributed by atoms with van der Waals surface area (Å²) in [6.07, 6.45) is -4.27. The largest absolute Gasteiger partial charge is 0.573 e. The Bertz CT molecular complexity index is 749. The predicted molar refractivity (Wildman–Crippen MR) is 91.4 cm³/mol. The van der Waals surface area contributed by atoms with Gasteiger partial charge in [0.1, 0.15) is 11.5 Å². The Morgan fingerprint density at radius 1 is 0.964 bits per heavy atom. The van der Waals surface area contributed by atoms with Crippen molar-refractivity contribution in [1.82, 2.24) is 5.32 Å². The number of halogens is 5. The molecule has 10 heteroatoms. The number of nitrogens with one attached hydrogen (secondary N) is 2. The smallest absolute Gasteiger partial charge is 0.435 e. The molecular weight excluding hydrogens is 387 g/mol. The molecule has 0 bridgehead atoms. The number of ether oxygens (including phenoxy) is 2. The Hall–Kier alpha value is -3.04. The van der Waals surface area contributed by atoms with E-state index in [1.165, 1.54) is 24.3 Å². The molecule has 0 saturated heterocycles. The average molecular weight is 404 g/mol. The number of benzene rings is 2. The van der Waals surface area contributed by atoms with E-state index in [4.69, 9.17) is 0 Å². The van der Waals surface area contributed by atoms with Gasteiger partial charge < -0.3 is 20.1 Å². The number of rotatable bonds is 9. The van der Waals surface area contributed by atoms with Gasteiger partial charge in [0.2, 0.25) is 5.91 Å². The lowest BCUT2D eigenvalue weighted by atomic mass is 10.1. The molecule has 28 heavy (non-hydrogen) atoms. The number of anilines is 1. The van der Waals surface area contributed by atoms with Crippen molar-refractivity contribution in [3.05, 3.63) is 54.1 Å². The lowest BCUT2D eigenvalue weighted by molar-refractivity contribution is -0.274. The number of hydrogen-bond acceptors (Lipinski definition) is 4. The molecule has 5 nitrogen and oxygen atoms in total. The summed E-state index contributed by atoms with van der Waals surface area (Å²) >= 11 is 0. The summed E-state index contributed by atoms with van der Waals surface area (Å²) in [5.41, 5.74) is 1.29. The number of amides is 1. The second-order valence-electron chi connectivity index (χ2n) is 5.55. The molecule has 2 rings (SSSR count). The molecule has 0 aliphatic heterocycles. The highest BCUT2D eigenvalue weighted by atomic mass is 19.4. The normalized spacial score (nSPS) is 11.2. The topological polar surface area (TPSA) is 59.6 Å². The molecule has 0 unspecified atom stereocenters. The van der Waals surface area contributed by atoms with E-state index in [9.17, 15) is 26.7 Å². The van der Waals surface area contributed by atoms with Gasteiger partial charge in [0.15, 0.2) is 0 Å². The second-order valence-corrected chi connectivity index (χ2v) is 5.55. The third kappa shape index (κ3) is 8.11. The maximum absolute atomic E-state index is 12.1. The minimum atomic E-state index is -4.76. The summed E-state index contributed by atoms with van der Waals surface area (Å²) in [4.78, 5) is 11.8. The first kappa shape index (κ1) is 21.3. The average Bonchev–Trinajstić information content (AvgIpc) is 2.61. The fourth-order valence-corrected chi connectivity index (χ4v) is 2.20. The number of alkyl halides is 5. The van der Waals surface area contributed by atoms with E-state index in [0.717, 1.165) is 17.7 Å². The molecule has 0 spiro atoms. The molecule has 0 aromatic heterocycles. The van der Waals surface area contributed by atoms with Crippen LogP contribution in [0.15, 0.2) is 48.5 Å². The van der Waals surface area contributed by atoms with Crippen LogP contribution in [0.25, 0.3) is 0 Å². The lowest BCUT2D eigenvalue weighted by Gasteiger charge is -2.11. The Kier molecular flexibility index (Phi) is 7.42. The summed E-state index contributed by atoms with van der Waals surface area (Å²) in [7, 11) is 0. The maximum atomic E-state index is 12.1. The van der Waals surface area contributed by atoms with Gasteiger partial charge in [-0.3, -0.25) is 4.79 Å². The van der Waals surface area contributed by atoms with Crippen molar-refractivity contribution in [1.29, 1.82) is 0 Å². The van der Waals surface area contributed by atoms with Crippen molar-refractivity contribution in [3.8, 4) is 11.5 Å². The molecule has 0 saturated carbocycles. The summed E-state index contributed by atoms with van der Waals surface area (Å²) in [5.74, 6) is -0.612.